The number of amides is 1. The molecule has 4 heteroatoms. The van der Waals surface area contributed by atoms with E-state index in [1.807, 2.05) is 13.1 Å². The third-order valence-electron chi connectivity index (χ3n) is 2.29. The fourth-order valence-corrected chi connectivity index (χ4v) is 1.48. The summed E-state index contributed by atoms with van der Waals surface area (Å²) < 4.78 is 0. The molecule has 0 fully saturated rings. The highest BCUT2D eigenvalue weighted by Crippen LogP contribution is 2.13. The largest absolute Gasteiger partial charge is 0.373 e. The van der Waals surface area contributed by atoms with Gasteiger partial charge in [-0.1, -0.05) is 13.3 Å². The maximum absolute atomic E-state index is 11.8. The van der Waals surface area contributed by atoms with E-state index in [0.29, 0.717) is 5.56 Å². The molecule has 0 unspecified atom stereocenters. The molecule has 1 rings (SSSR count). The Morgan fingerprint density at radius 3 is 2.62 bits per heavy atom. The second-order valence-corrected chi connectivity index (χ2v) is 3.93. The maximum Gasteiger partial charge on any atom is 0.253 e. The molecule has 16 heavy (non-hydrogen) atoms. The molecule has 1 aromatic heterocycles. The number of hydrogen-bond acceptors (Lipinski definition) is 3. The molecule has 0 aliphatic carbocycles. The highest BCUT2D eigenvalue weighted by Gasteiger charge is 2.10. The minimum absolute atomic E-state index is 0.0104. The first-order valence-corrected chi connectivity index (χ1v) is 5.48. The number of hydrogen-bond donors (Lipinski definition) is 1. The van der Waals surface area contributed by atoms with Crippen LogP contribution in [-0.4, -0.2) is 36.9 Å². The van der Waals surface area contributed by atoms with E-state index in [1.54, 1.807) is 25.1 Å². The van der Waals surface area contributed by atoms with Crippen molar-refractivity contribution in [1.29, 1.82) is 0 Å². The van der Waals surface area contributed by atoms with Gasteiger partial charge in [0.1, 0.15) is 5.82 Å². The van der Waals surface area contributed by atoms with Crippen LogP contribution in [0, 0.1) is 0 Å². The number of pyridine rings is 1. The van der Waals surface area contributed by atoms with Crippen LogP contribution >= 0.6 is 0 Å². The smallest absolute Gasteiger partial charge is 0.253 e. The van der Waals surface area contributed by atoms with E-state index >= 15 is 0 Å². The van der Waals surface area contributed by atoms with Crippen molar-refractivity contribution in [2.45, 2.75) is 19.8 Å². The number of nitrogens with one attached hydrogen (secondary N) is 1. The maximum atomic E-state index is 11.8. The predicted octanol–water partition coefficient (Wildman–Crippen LogP) is 1.78. The van der Waals surface area contributed by atoms with Crippen LogP contribution in [0.5, 0.6) is 0 Å². The zero-order chi connectivity index (χ0) is 12.1. The van der Waals surface area contributed by atoms with Gasteiger partial charge in [0, 0.05) is 32.4 Å². The third kappa shape index (κ3) is 2.95. The predicted molar refractivity (Wildman–Crippen MR) is 65.8 cm³/mol. The van der Waals surface area contributed by atoms with Crippen molar-refractivity contribution in [2.75, 3.05) is 26.5 Å². The molecule has 1 aromatic rings. The van der Waals surface area contributed by atoms with Crippen molar-refractivity contribution < 1.29 is 4.79 Å². The number of carbonyl (C=O) groups is 1. The zero-order valence-corrected chi connectivity index (χ0v) is 10.4. The SMILES string of the molecule is CCCc1cc(C(=O)N(C)C)cc(NC)n1. The topological polar surface area (TPSA) is 45.2 Å². The molecule has 0 saturated heterocycles. The molecule has 0 radical (unpaired) electrons. The van der Waals surface area contributed by atoms with Crippen LogP contribution in [0.2, 0.25) is 0 Å². The molecule has 4 nitrogen and oxygen atoms in total. The summed E-state index contributed by atoms with van der Waals surface area (Å²) in [5.41, 5.74) is 1.65. The second kappa shape index (κ2) is 5.49. The van der Waals surface area contributed by atoms with Crippen molar-refractivity contribution in [3.63, 3.8) is 0 Å². The van der Waals surface area contributed by atoms with Crippen LogP contribution in [0.15, 0.2) is 12.1 Å². The van der Waals surface area contributed by atoms with E-state index in [2.05, 4.69) is 17.2 Å². The molecule has 0 aromatic carbocycles. The Morgan fingerprint density at radius 1 is 1.44 bits per heavy atom. The Morgan fingerprint density at radius 2 is 2.12 bits per heavy atom. The fourth-order valence-electron chi connectivity index (χ4n) is 1.48. The molecule has 0 saturated carbocycles. The van der Waals surface area contributed by atoms with Gasteiger partial charge in [-0.3, -0.25) is 4.79 Å². The molecule has 0 spiro atoms. The third-order valence-corrected chi connectivity index (χ3v) is 2.29. The van der Waals surface area contributed by atoms with E-state index in [9.17, 15) is 4.79 Å². The normalized spacial score (nSPS) is 10.0. The van der Waals surface area contributed by atoms with E-state index in [4.69, 9.17) is 0 Å². The molecule has 1 heterocycles. The van der Waals surface area contributed by atoms with Crippen molar-refractivity contribution in [3.8, 4) is 0 Å². The number of aromatic nitrogens is 1. The minimum Gasteiger partial charge on any atom is -0.373 e. The van der Waals surface area contributed by atoms with E-state index in [0.717, 1.165) is 24.4 Å². The number of rotatable bonds is 4. The van der Waals surface area contributed by atoms with Gasteiger partial charge >= 0.3 is 0 Å². The van der Waals surface area contributed by atoms with Gasteiger partial charge in [0.2, 0.25) is 0 Å². The van der Waals surface area contributed by atoms with Crippen LogP contribution < -0.4 is 5.32 Å². The molecule has 0 bridgehead atoms. The minimum atomic E-state index is 0.0104. The lowest BCUT2D eigenvalue weighted by atomic mass is 10.1. The second-order valence-electron chi connectivity index (χ2n) is 3.93. The summed E-state index contributed by atoms with van der Waals surface area (Å²) in [6.07, 6.45) is 1.92. The van der Waals surface area contributed by atoms with Crippen LogP contribution in [0.25, 0.3) is 0 Å². The molecular formula is C12H19N3O. The van der Waals surface area contributed by atoms with Crippen molar-refractivity contribution in [3.05, 3.63) is 23.4 Å². The lowest BCUT2D eigenvalue weighted by Gasteiger charge is -2.12. The molecule has 88 valence electrons. The first kappa shape index (κ1) is 12.5. The van der Waals surface area contributed by atoms with Gasteiger partial charge in [0.25, 0.3) is 5.91 Å². The van der Waals surface area contributed by atoms with E-state index in [1.165, 1.54) is 0 Å². The number of anilines is 1. The average Bonchev–Trinajstić information content (AvgIpc) is 2.27. The molecule has 1 amide bonds. The first-order chi connectivity index (χ1) is 7.58. The Hall–Kier alpha value is -1.58. The molecule has 1 N–H and O–H groups in total. The summed E-state index contributed by atoms with van der Waals surface area (Å²) in [6, 6.07) is 3.65. The van der Waals surface area contributed by atoms with E-state index < -0.39 is 0 Å². The Bertz CT molecular complexity index is 375. The van der Waals surface area contributed by atoms with Gasteiger partial charge in [0.05, 0.1) is 0 Å². The number of nitrogens with zero attached hydrogens (tertiary/aromatic N) is 2. The van der Waals surface area contributed by atoms with Crippen molar-refractivity contribution >= 4 is 11.7 Å². The van der Waals surface area contributed by atoms with Gasteiger partial charge in [-0.25, -0.2) is 4.98 Å². The summed E-state index contributed by atoms with van der Waals surface area (Å²) in [4.78, 5) is 17.8. The fraction of sp³-hybridized carbons (Fsp3) is 0.500. The van der Waals surface area contributed by atoms with Crippen LogP contribution in [0.4, 0.5) is 5.82 Å². The Labute approximate surface area is 96.7 Å². The van der Waals surface area contributed by atoms with Gasteiger partial charge in [0.15, 0.2) is 0 Å². The number of carbonyl (C=O) groups excluding carboxylic acids is 1. The molecular weight excluding hydrogens is 202 g/mol. The lowest BCUT2D eigenvalue weighted by Crippen LogP contribution is -2.22. The molecule has 0 aliphatic rings. The summed E-state index contributed by atoms with van der Waals surface area (Å²) in [6.45, 7) is 2.10. The Kier molecular flexibility index (Phi) is 4.28. The molecule has 0 aliphatic heterocycles. The highest BCUT2D eigenvalue weighted by molar-refractivity contribution is 5.94. The summed E-state index contributed by atoms with van der Waals surface area (Å²) in [5, 5.41) is 2.98. The van der Waals surface area contributed by atoms with Gasteiger partial charge in [-0.15, -0.1) is 0 Å². The van der Waals surface area contributed by atoms with Crippen LogP contribution in [-0.2, 0) is 6.42 Å². The van der Waals surface area contributed by atoms with Crippen LogP contribution in [0.3, 0.4) is 0 Å². The lowest BCUT2D eigenvalue weighted by molar-refractivity contribution is 0.0827. The monoisotopic (exact) mass is 221 g/mol. The zero-order valence-electron chi connectivity index (χ0n) is 10.4. The van der Waals surface area contributed by atoms with Gasteiger partial charge in [-0.2, -0.15) is 0 Å². The van der Waals surface area contributed by atoms with Crippen molar-refractivity contribution in [2.24, 2.45) is 0 Å². The Balaban J connectivity index is 3.08. The highest BCUT2D eigenvalue weighted by atomic mass is 16.2. The molecule has 0 atom stereocenters. The average molecular weight is 221 g/mol. The standard InChI is InChI=1S/C12H19N3O/c1-5-6-10-7-9(12(16)15(3)4)8-11(13-2)14-10/h7-8H,5-6H2,1-4H3,(H,13,14). The summed E-state index contributed by atoms with van der Waals surface area (Å²) in [5.74, 6) is 0.757. The van der Waals surface area contributed by atoms with Crippen molar-refractivity contribution in [1.82, 2.24) is 9.88 Å². The summed E-state index contributed by atoms with van der Waals surface area (Å²) in [7, 11) is 5.31. The quantitative estimate of drug-likeness (QED) is 0.843. The van der Waals surface area contributed by atoms with E-state index in [-0.39, 0.29) is 5.91 Å². The van der Waals surface area contributed by atoms with Gasteiger partial charge < -0.3 is 10.2 Å². The van der Waals surface area contributed by atoms with Gasteiger partial charge in [-0.05, 0) is 18.6 Å². The first-order valence-electron chi connectivity index (χ1n) is 5.48. The van der Waals surface area contributed by atoms with Crippen LogP contribution in [0.1, 0.15) is 29.4 Å². The summed E-state index contributed by atoms with van der Waals surface area (Å²) >= 11 is 0. The number of aryl methyl sites for hydroxylation is 1.